The molecule has 1 N–H and O–H groups in total. The second kappa shape index (κ2) is 5.95. The maximum atomic E-state index is 4.86. The Morgan fingerprint density at radius 3 is 2.74 bits per heavy atom. The SMILES string of the molecule is CCn1nc(CN2CCCCC2)c2c1NCCCC2. The van der Waals surface area contributed by atoms with Crippen LogP contribution in [0.2, 0.25) is 0 Å². The van der Waals surface area contributed by atoms with Crippen LogP contribution in [0.1, 0.15) is 50.3 Å². The first-order valence-electron chi connectivity index (χ1n) is 7.93. The van der Waals surface area contributed by atoms with Crippen LogP contribution in [0.3, 0.4) is 0 Å². The summed E-state index contributed by atoms with van der Waals surface area (Å²) >= 11 is 0. The average Bonchev–Trinajstić information content (AvgIpc) is 2.64. The molecule has 106 valence electrons. The molecule has 3 rings (SSSR count). The van der Waals surface area contributed by atoms with Gasteiger partial charge < -0.3 is 5.32 Å². The van der Waals surface area contributed by atoms with E-state index in [0.717, 1.165) is 19.6 Å². The molecule has 4 nitrogen and oxygen atoms in total. The molecule has 0 spiro atoms. The van der Waals surface area contributed by atoms with E-state index in [1.54, 1.807) is 0 Å². The minimum absolute atomic E-state index is 0.968. The van der Waals surface area contributed by atoms with Crippen LogP contribution in [-0.4, -0.2) is 34.3 Å². The van der Waals surface area contributed by atoms with Gasteiger partial charge in [-0.3, -0.25) is 4.90 Å². The fraction of sp³-hybridized carbons (Fsp3) is 0.800. The summed E-state index contributed by atoms with van der Waals surface area (Å²) in [6.07, 6.45) is 7.89. The van der Waals surface area contributed by atoms with E-state index in [2.05, 4.69) is 21.8 Å². The third-order valence-corrected chi connectivity index (χ3v) is 4.40. The van der Waals surface area contributed by atoms with Crippen LogP contribution in [0.4, 0.5) is 5.82 Å². The number of aryl methyl sites for hydroxylation is 1. The van der Waals surface area contributed by atoms with Gasteiger partial charge in [-0.1, -0.05) is 6.42 Å². The molecular weight excluding hydrogens is 236 g/mol. The minimum atomic E-state index is 0.968. The van der Waals surface area contributed by atoms with Gasteiger partial charge in [0.1, 0.15) is 5.82 Å². The standard InChI is InChI=1S/C15H26N4/c1-2-19-15-13(8-4-5-9-16-15)14(17-19)12-18-10-6-3-7-11-18/h16H,2-12H2,1H3. The number of hydrogen-bond donors (Lipinski definition) is 1. The van der Waals surface area contributed by atoms with Crippen LogP contribution in [-0.2, 0) is 19.5 Å². The summed E-state index contributed by atoms with van der Waals surface area (Å²) in [7, 11) is 0. The fourth-order valence-electron chi connectivity index (χ4n) is 3.33. The summed E-state index contributed by atoms with van der Waals surface area (Å²) in [4.78, 5) is 2.58. The van der Waals surface area contributed by atoms with Crippen molar-refractivity contribution in [1.29, 1.82) is 0 Å². The molecule has 0 aromatic carbocycles. The molecule has 0 radical (unpaired) electrons. The number of piperidine rings is 1. The highest BCUT2D eigenvalue weighted by Crippen LogP contribution is 2.26. The summed E-state index contributed by atoms with van der Waals surface area (Å²) < 4.78 is 2.17. The molecule has 1 saturated heterocycles. The lowest BCUT2D eigenvalue weighted by Crippen LogP contribution is -2.29. The highest BCUT2D eigenvalue weighted by molar-refractivity contribution is 5.49. The molecule has 1 aromatic heterocycles. The normalized spacial score (nSPS) is 20.7. The number of likely N-dealkylation sites (tertiary alicyclic amines) is 1. The number of fused-ring (bicyclic) bond motifs is 1. The van der Waals surface area contributed by atoms with Crippen molar-refractivity contribution in [2.45, 2.75) is 58.5 Å². The zero-order valence-electron chi connectivity index (χ0n) is 12.1. The fourth-order valence-corrected chi connectivity index (χ4v) is 3.33. The first kappa shape index (κ1) is 13.0. The number of rotatable bonds is 3. The van der Waals surface area contributed by atoms with Crippen LogP contribution < -0.4 is 5.32 Å². The quantitative estimate of drug-likeness (QED) is 0.909. The van der Waals surface area contributed by atoms with Gasteiger partial charge in [0, 0.05) is 25.2 Å². The number of nitrogens with one attached hydrogen (secondary N) is 1. The Balaban J connectivity index is 1.81. The molecule has 2 aliphatic rings. The van der Waals surface area contributed by atoms with Gasteiger partial charge >= 0.3 is 0 Å². The Kier molecular flexibility index (Phi) is 4.06. The summed E-state index contributed by atoms with van der Waals surface area (Å²) in [5.74, 6) is 1.30. The minimum Gasteiger partial charge on any atom is -0.370 e. The number of nitrogens with zero attached hydrogens (tertiary/aromatic N) is 3. The average molecular weight is 262 g/mol. The van der Waals surface area contributed by atoms with Crippen molar-refractivity contribution in [1.82, 2.24) is 14.7 Å². The van der Waals surface area contributed by atoms with Crippen molar-refractivity contribution in [3.63, 3.8) is 0 Å². The molecule has 1 fully saturated rings. The Labute approximate surface area is 116 Å². The number of hydrogen-bond acceptors (Lipinski definition) is 3. The number of anilines is 1. The van der Waals surface area contributed by atoms with Gasteiger partial charge in [0.05, 0.1) is 5.69 Å². The van der Waals surface area contributed by atoms with E-state index in [4.69, 9.17) is 5.10 Å². The lowest BCUT2D eigenvalue weighted by Gasteiger charge is -2.25. The molecule has 0 aliphatic carbocycles. The second-order valence-corrected chi connectivity index (χ2v) is 5.81. The van der Waals surface area contributed by atoms with E-state index in [-0.39, 0.29) is 0 Å². The summed E-state index contributed by atoms with van der Waals surface area (Å²) in [6.45, 7) is 7.81. The monoisotopic (exact) mass is 262 g/mol. The largest absolute Gasteiger partial charge is 0.370 e. The van der Waals surface area contributed by atoms with Gasteiger partial charge in [-0.25, -0.2) is 4.68 Å². The topological polar surface area (TPSA) is 33.1 Å². The molecule has 0 atom stereocenters. The maximum Gasteiger partial charge on any atom is 0.127 e. The Morgan fingerprint density at radius 1 is 1.11 bits per heavy atom. The molecule has 0 amide bonds. The first-order chi connectivity index (χ1) is 9.38. The van der Waals surface area contributed by atoms with Gasteiger partial charge in [0.15, 0.2) is 0 Å². The molecule has 0 saturated carbocycles. The van der Waals surface area contributed by atoms with Crippen molar-refractivity contribution in [3.8, 4) is 0 Å². The van der Waals surface area contributed by atoms with E-state index >= 15 is 0 Å². The Bertz CT molecular complexity index is 418. The van der Waals surface area contributed by atoms with Crippen molar-refractivity contribution in [2.24, 2.45) is 0 Å². The van der Waals surface area contributed by atoms with Gasteiger partial charge in [-0.15, -0.1) is 0 Å². The zero-order valence-corrected chi connectivity index (χ0v) is 12.1. The van der Waals surface area contributed by atoms with Gasteiger partial charge in [0.25, 0.3) is 0 Å². The Morgan fingerprint density at radius 2 is 1.95 bits per heavy atom. The smallest absolute Gasteiger partial charge is 0.127 e. The molecule has 19 heavy (non-hydrogen) atoms. The highest BCUT2D eigenvalue weighted by Gasteiger charge is 2.21. The number of aromatic nitrogens is 2. The van der Waals surface area contributed by atoms with Gasteiger partial charge in [0.2, 0.25) is 0 Å². The van der Waals surface area contributed by atoms with E-state index in [1.165, 1.54) is 68.7 Å². The zero-order chi connectivity index (χ0) is 13.1. The second-order valence-electron chi connectivity index (χ2n) is 5.81. The molecule has 4 heteroatoms. The van der Waals surface area contributed by atoms with E-state index in [9.17, 15) is 0 Å². The van der Waals surface area contributed by atoms with Gasteiger partial charge in [-0.2, -0.15) is 5.10 Å². The molecule has 1 aromatic rings. The van der Waals surface area contributed by atoms with Crippen LogP contribution in [0.5, 0.6) is 0 Å². The predicted molar refractivity (Wildman–Crippen MR) is 78.5 cm³/mol. The van der Waals surface area contributed by atoms with E-state index < -0.39 is 0 Å². The summed E-state index contributed by atoms with van der Waals surface area (Å²) in [5, 5.41) is 8.44. The predicted octanol–water partition coefficient (Wildman–Crippen LogP) is 2.64. The Hall–Kier alpha value is -1.03. The molecule has 0 unspecified atom stereocenters. The highest BCUT2D eigenvalue weighted by atomic mass is 15.3. The first-order valence-corrected chi connectivity index (χ1v) is 7.93. The van der Waals surface area contributed by atoms with E-state index in [0.29, 0.717) is 0 Å². The van der Waals surface area contributed by atoms with Crippen molar-refractivity contribution in [2.75, 3.05) is 25.0 Å². The van der Waals surface area contributed by atoms with Gasteiger partial charge in [-0.05, 0) is 52.1 Å². The van der Waals surface area contributed by atoms with Crippen LogP contribution in [0.25, 0.3) is 0 Å². The lowest BCUT2D eigenvalue weighted by atomic mass is 10.1. The third kappa shape index (κ3) is 2.78. The molecule has 0 bridgehead atoms. The van der Waals surface area contributed by atoms with Crippen LogP contribution in [0.15, 0.2) is 0 Å². The maximum absolute atomic E-state index is 4.86. The molecule has 3 heterocycles. The third-order valence-electron chi connectivity index (χ3n) is 4.40. The lowest BCUT2D eigenvalue weighted by molar-refractivity contribution is 0.217. The van der Waals surface area contributed by atoms with Crippen molar-refractivity contribution < 1.29 is 0 Å². The van der Waals surface area contributed by atoms with Crippen molar-refractivity contribution >= 4 is 5.82 Å². The molecule has 2 aliphatic heterocycles. The molecular formula is C15H26N4. The van der Waals surface area contributed by atoms with E-state index in [1.807, 2.05) is 0 Å². The summed E-state index contributed by atoms with van der Waals surface area (Å²) in [6, 6.07) is 0. The van der Waals surface area contributed by atoms with Crippen LogP contribution >= 0.6 is 0 Å². The van der Waals surface area contributed by atoms with Crippen molar-refractivity contribution in [3.05, 3.63) is 11.3 Å². The van der Waals surface area contributed by atoms with Crippen LogP contribution in [0, 0.1) is 0 Å². The summed E-state index contributed by atoms with van der Waals surface area (Å²) in [5.41, 5.74) is 2.82.